The number of piperazine rings is 1. The molecule has 0 unspecified atom stereocenters. The van der Waals surface area contributed by atoms with Crippen LogP contribution in [0.4, 0.5) is 19.0 Å². The van der Waals surface area contributed by atoms with Crippen LogP contribution in [0, 0.1) is 6.92 Å². The molecule has 2 aromatic heterocycles. The van der Waals surface area contributed by atoms with Gasteiger partial charge in [0.15, 0.2) is 5.82 Å². The fourth-order valence-electron chi connectivity index (χ4n) is 3.46. The first-order chi connectivity index (χ1) is 14.8. The van der Waals surface area contributed by atoms with Crippen molar-refractivity contribution in [2.24, 2.45) is 0 Å². The fraction of sp³-hybridized carbons (Fsp3) is 0.333. The molecule has 7 nitrogen and oxygen atoms in total. The third-order valence-electron chi connectivity index (χ3n) is 5.19. The van der Waals surface area contributed by atoms with Crippen LogP contribution in [0.2, 0.25) is 0 Å². The summed E-state index contributed by atoms with van der Waals surface area (Å²) in [7, 11) is 0. The van der Waals surface area contributed by atoms with Crippen molar-refractivity contribution in [2.45, 2.75) is 19.5 Å². The van der Waals surface area contributed by atoms with Crippen molar-refractivity contribution in [2.75, 3.05) is 31.1 Å². The zero-order valence-electron chi connectivity index (χ0n) is 16.9. The van der Waals surface area contributed by atoms with Crippen molar-refractivity contribution >= 4 is 11.7 Å². The van der Waals surface area contributed by atoms with E-state index in [1.54, 1.807) is 9.58 Å². The van der Waals surface area contributed by atoms with Crippen molar-refractivity contribution in [1.29, 1.82) is 0 Å². The van der Waals surface area contributed by atoms with Crippen LogP contribution in [-0.4, -0.2) is 56.7 Å². The normalized spacial score (nSPS) is 14.7. The average molecular weight is 430 g/mol. The highest BCUT2D eigenvalue weighted by atomic mass is 19.4. The van der Waals surface area contributed by atoms with E-state index in [-0.39, 0.29) is 12.3 Å². The van der Waals surface area contributed by atoms with E-state index < -0.39 is 11.7 Å². The van der Waals surface area contributed by atoms with Gasteiger partial charge in [-0.05, 0) is 30.7 Å². The molecule has 1 aliphatic heterocycles. The van der Waals surface area contributed by atoms with E-state index in [2.05, 4.69) is 20.0 Å². The molecule has 162 valence electrons. The largest absolute Gasteiger partial charge is 0.416 e. The molecule has 0 radical (unpaired) electrons. The lowest BCUT2D eigenvalue weighted by Gasteiger charge is -2.35. The molecule has 0 N–H and O–H groups in total. The number of alkyl halides is 3. The molecular formula is C21H21F3N6O. The van der Waals surface area contributed by atoms with Crippen LogP contribution in [0.3, 0.4) is 0 Å². The summed E-state index contributed by atoms with van der Waals surface area (Å²) >= 11 is 0. The minimum Gasteiger partial charge on any atom is -0.353 e. The van der Waals surface area contributed by atoms with E-state index in [0.717, 1.165) is 23.6 Å². The van der Waals surface area contributed by atoms with E-state index >= 15 is 0 Å². The Bertz CT molecular complexity index is 1060. The number of nitrogens with zero attached hydrogens (tertiary/aromatic N) is 6. The van der Waals surface area contributed by atoms with Crippen molar-refractivity contribution < 1.29 is 18.0 Å². The number of hydrogen-bond donors (Lipinski definition) is 0. The molecule has 1 fully saturated rings. The lowest BCUT2D eigenvalue weighted by atomic mass is 10.1. The van der Waals surface area contributed by atoms with E-state index in [4.69, 9.17) is 0 Å². The molecule has 0 aliphatic carbocycles. The molecular weight excluding hydrogens is 409 g/mol. The number of carbonyl (C=O) groups excluding carboxylic acids is 1. The van der Waals surface area contributed by atoms with E-state index in [9.17, 15) is 18.0 Å². The Labute approximate surface area is 177 Å². The summed E-state index contributed by atoms with van der Waals surface area (Å²) in [6, 6.07) is 8.48. The van der Waals surface area contributed by atoms with Crippen LogP contribution in [0.15, 0.2) is 48.9 Å². The molecule has 1 saturated heterocycles. The van der Waals surface area contributed by atoms with Gasteiger partial charge in [0.1, 0.15) is 12.1 Å². The number of anilines is 1. The summed E-state index contributed by atoms with van der Waals surface area (Å²) in [6.45, 7) is 4.14. The molecule has 31 heavy (non-hydrogen) atoms. The number of halogens is 3. The van der Waals surface area contributed by atoms with Crippen LogP contribution < -0.4 is 4.90 Å². The first-order valence-electron chi connectivity index (χ1n) is 9.83. The van der Waals surface area contributed by atoms with Gasteiger partial charge < -0.3 is 9.80 Å². The van der Waals surface area contributed by atoms with Crippen LogP contribution in [0.1, 0.15) is 16.8 Å². The summed E-state index contributed by atoms with van der Waals surface area (Å²) < 4.78 is 39.7. The van der Waals surface area contributed by atoms with Crippen LogP contribution >= 0.6 is 0 Å². The lowest BCUT2D eigenvalue weighted by molar-refractivity contribution is -0.137. The van der Waals surface area contributed by atoms with Gasteiger partial charge in [0.05, 0.1) is 17.7 Å². The second kappa shape index (κ2) is 8.37. The molecule has 0 saturated carbocycles. The molecule has 0 bridgehead atoms. The predicted octanol–water partition coefficient (Wildman–Crippen LogP) is 2.88. The molecule has 3 heterocycles. The Morgan fingerprint density at radius 1 is 1.00 bits per heavy atom. The summed E-state index contributed by atoms with van der Waals surface area (Å²) in [5.41, 5.74) is 0.738. The third kappa shape index (κ3) is 4.84. The first-order valence-corrected chi connectivity index (χ1v) is 9.83. The van der Waals surface area contributed by atoms with E-state index in [1.807, 2.05) is 25.3 Å². The van der Waals surface area contributed by atoms with Gasteiger partial charge in [-0.25, -0.2) is 14.6 Å². The van der Waals surface area contributed by atoms with Gasteiger partial charge in [0, 0.05) is 38.4 Å². The van der Waals surface area contributed by atoms with Gasteiger partial charge in [0.2, 0.25) is 5.91 Å². The summed E-state index contributed by atoms with van der Waals surface area (Å²) in [6.07, 6.45) is -0.979. The zero-order valence-corrected chi connectivity index (χ0v) is 16.9. The molecule has 10 heteroatoms. The van der Waals surface area contributed by atoms with Gasteiger partial charge in [-0.3, -0.25) is 4.79 Å². The van der Waals surface area contributed by atoms with E-state index in [1.165, 1.54) is 18.5 Å². The molecule has 1 aromatic carbocycles. The number of rotatable bonds is 4. The number of aromatic nitrogens is 4. The highest BCUT2D eigenvalue weighted by Gasteiger charge is 2.30. The molecule has 1 amide bonds. The summed E-state index contributed by atoms with van der Waals surface area (Å²) in [5.74, 6) is 1.32. The van der Waals surface area contributed by atoms with Crippen molar-refractivity contribution in [3.63, 3.8) is 0 Å². The van der Waals surface area contributed by atoms with Crippen LogP contribution in [-0.2, 0) is 17.4 Å². The highest BCUT2D eigenvalue weighted by Crippen LogP contribution is 2.29. The molecule has 1 aliphatic rings. The molecule has 0 atom stereocenters. The number of carbonyl (C=O) groups is 1. The Morgan fingerprint density at radius 3 is 2.29 bits per heavy atom. The fourth-order valence-corrected chi connectivity index (χ4v) is 3.46. The Morgan fingerprint density at radius 2 is 1.68 bits per heavy atom. The average Bonchev–Trinajstić information content (AvgIpc) is 3.20. The lowest BCUT2D eigenvalue weighted by Crippen LogP contribution is -2.49. The number of hydrogen-bond acceptors (Lipinski definition) is 5. The summed E-state index contributed by atoms with van der Waals surface area (Å²) in [5, 5.41) is 4.35. The predicted molar refractivity (Wildman–Crippen MR) is 108 cm³/mol. The van der Waals surface area contributed by atoms with Gasteiger partial charge in [-0.2, -0.15) is 18.3 Å². The topological polar surface area (TPSA) is 67.2 Å². The maximum atomic E-state index is 12.7. The van der Waals surface area contributed by atoms with Crippen LogP contribution in [0.25, 0.3) is 5.82 Å². The molecule has 0 spiro atoms. The van der Waals surface area contributed by atoms with Gasteiger partial charge in [-0.15, -0.1) is 0 Å². The Balaban J connectivity index is 1.35. The highest BCUT2D eigenvalue weighted by molar-refractivity contribution is 5.79. The maximum absolute atomic E-state index is 12.7. The van der Waals surface area contributed by atoms with E-state index in [0.29, 0.717) is 37.6 Å². The SMILES string of the molecule is Cc1ccn(-c2cc(N3CCN(C(=O)Cc4ccc(C(F)(F)F)cc4)CC3)ncn2)n1. The molecule has 4 rings (SSSR count). The maximum Gasteiger partial charge on any atom is 0.416 e. The Kier molecular flexibility index (Phi) is 5.62. The van der Waals surface area contributed by atoms with Crippen molar-refractivity contribution in [3.05, 3.63) is 65.7 Å². The standard InChI is InChI=1S/C21H21F3N6O/c1-15-6-7-30(27-15)19-13-18(25-14-26-19)28-8-10-29(11-9-28)20(31)12-16-2-4-17(5-3-16)21(22,23)24/h2-7,13-14H,8-12H2,1H3. The monoisotopic (exact) mass is 430 g/mol. The van der Waals surface area contributed by atoms with Crippen molar-refractivity contribution in [3.8, 4) is 5.82 Å². The van der Waals surface area contributed by atoms with Crippen LogP contribution in [0.5, 0.6) is 0 Å². The minimum atomic E-state index is -4.38. The van der Waals surface area contributed by atoms with Gasteiger partial charge in [-0.1, -0.05) is 12.1 Å². The quantitative estimate of drug-likeness (QED) is 0.637. The van der Waals surface area contributed by atoms with Gasteiger partial charge >= 0.3 is 6.18 Å². The van der Waals surface area contributed by atoms with Crippen molar-refractivity contribution in [1.82, 2.24) is 24.6 Å². The second-order valence-corrected chi connectivity index (χ2v) is 7.38. The number of amides is 1. The minimum absolute atomic E-state index is 0.0778. The second-order valence-electron chi connectivity index (χ2n) is 7.38. The number of aryl methyl sites for hydroxylation is 1. The summed E-state index contributed by atoms with van der Waals surface area (Å²) in [4.78, 5) is 25.0. The Hall–Kier alpha value is -3.43. The smallest absolute Gasteiger partial charge is 0.353 e. The van der Waals surface area contributed by atoms with Gasteiger partial charge in [0.25, 0.3) is 0 Å². The molecule has 3 aromatic rings. The first kappa shape index (κ1) is 20.8. The zero-order chi connectivity index (χ0) is 22.0. The number of benzene rings is 1. The third-order valence-corrected chi connectivity index (χ3v) is 5.19.